The van der Waals surface area contributed by atoms with Gasteiger partial charge in [-0.05, 0) is 18.2 Å². The van der Waals surface area contributed by atoms with Gasteiger partial charge in [-0.2, -0.15) is 0 Å². The first-order valence-corrected chi connectivity index (χ1v) is 5.41. The molecule has 1 heterocycles. The van der Waals surface area contributed by atoms with E-state index in [1.54, 1.807) is 0 Å². The molecule has 2 aromatic rings. The van der Waals surface area contributed by atoms with Crippen LogP contribution in [0.15, 0.2) is 41.6 Å². The third kappa shape index (κ3) is 3.15. The number of anilines is 2. The highest BCUT2D eigenvalue weighted by Gasteiger charge is 2.08. The Bertz CT molecular complexity index is 669. The Morgan fingerprint density at radius 1 is 1.42 bits per heavy atom. The molecule has 0 aliphatic rings. The highest BCUT2D eigenvalue weighted by molar-refractivity contribution is 5.93. The number of benzene rings is 1. The maximum Gasteiger partial charge on any atom is 0.253 e. The second-order valence-corrected chi connectivity index (χ2v) is 3.83. The van der Waals surface area contributed by atoms with Crippen molar-refractivity contribution in [1.82, 2.24) is 9.55 Å². The first kappa shape index (κ1) is 12.7. The number of amides is 1. The second kappa shape index (κ2) is 5.30. The predicted octanol–water partition coefficient (Wildman–Crippen LogP) is 0.603. The van der Waals surface area contributed by atoms with E-state index in [2.05, 4.69) is 10.3 Å². The van der Waals surface area contributed by atoms with Gasteiger partial charge in [-0.25, -0.2) is 9.37 Å². The Hall–Kier alpha value is -2.70. The fourth-order valence-electron chi connectivity index (χ4n) is 1.48. The summed E-state index contributed by atoms with van der Waals surface area (Å²) in [6, 6.07) is 4.89. The van der Waals surface area contributed by atoms with Crippen molar-refractivity contribution in [3.63, 3.8) is 0 Å². The summed E-state index contributed by atoms with van der Waals surface area (Å²) >= 11 is 0. The Labute approximate surface area is 107 Å². The van der Waals surface area contributed by atoms with Gasteiger partial charge in [-0.15, -0.1) is 0 Å². The van der Waals surface area contributed by atoms with Gasteiger partial charge in [0.25, 0.3) is 5.56 Å². The number of carbonyl (C=O) groups excluding carboxylic acids is 1. The molecular formula is C12H11FN4O2. The minimum Gasteiger partial charge on any atom is -0.397 e. The Kier molecular flexibility index (Phi) is 3.56. The topological polar surface area (TPSA) is 90.0 Å². The van der Waals surface area contributed by atoms with Crippen molar-refractivity contribution in [1.29, 1.82) is 0 Å². The summed E-state index contributed by atoms with van der Waals surface area (Å²) in [6.45, 7) is -0.220. The van der Waals surface area contributed by atoms with Gasteiger partial charge in [0.1, 0.15) is 12.4 Å². The molecule has 2 rings (SSSR count). The maximum atomic E-state index is 13.0. The summed E-state index contributed by atoms with van der Waals surface area (Å²) in [7, 11) is 0. The van der Waals surface area contributed by atoms with Gasteiger partial charge < -0.3 is 11.1 Å². The molecule has 0 radical (unpaired) electrons. The Morgan fingerprint density at radius 2 is 2.21 bits per heavy atom. The molecule has 0 saturated carbocycles. The van der Waals surface area contributed by atoms with Crippen molar-refractivity contribution in [3.05, 3.63) is 53.0 Å². The molecule has 6 nitrogen and oxygen atoms in total. The predicted molar refractivity (Wildman–Crippen MR) is 67.9 cm³/mol. The smallest absolute Gasteiger partial charge is 0.253 e. The molecule has 0 aliphatic heterocycles. The van der Waals surface area contributed by atoms with E-state index in [9.17, 15) is 14.0 Å². The number of aromatic nitrogens is 2. The highest BCUT2D eigenvalue weighted by Crippen LogP contribution is 2.18. The molecule has 98 valence electrons. The van der Waals surface area contributed by atoms with E-state index in [4.69, 9.17) is 5.73 Å². The van der Waals surface area contributed by atoms with Gasteiger partial charge in [0.05, 0.1) is 17.7 Å². The lowest BCUT2D eigenvalue weighted by Gasteiger charge is -2.09. The van der Waals surface area contributed by atoms with Crippen molar-refractivity contribution in [3.8, 4) is 0 Å². The van der Waals surface area contributed by atoms with E-state index in [-0.39, 0.29) is 23.5 Å². The summed E-state index contributed by atoms with van der Waals surface area (Å²) in [5.41, 5.74) is 5.66. The molecule has 0 aliphatic carbocycles. The summed E-state index contributed by atoms with van der Waals surface area (Å²) in [6.07, 6.45) is 2.58. The first-order valence-electron chi connectivity index (χ1n) is 5.41. The number of nitrogen functional groups attached to an aromatic ring is 1. The molecule has 1 amide bonds. The summed E-state index contributed by atoms with van der Waals surface area (Å²) in [4.78, 5) is 26.8. The number of hydrogen-bond acceptors (Lipinski definition) is 4. The van der Waals surface area contributed by atoms with Gasteiger partial charge in [-0.1, -0.05) is 0 Å². The van der Waals surface area contributed by atoms with E-state index >= 15 is 0 Å². The molecule has 0 unspecified atom stereocenters. The lowest BCUT2D eigenvalue weighted by atomic mass is 10.2. The van der Waals surface area contributed by atoms with Crippen molar-refractivity contribution in [2.24, 2.45) is 0 Å². The zero-order chi connectivity index (χ0) is 13.8. The van der Waals surface area contributed by atoms with E-state index in [1.807, 2.05) is 0 Å². The first-order chi connectivity index (χ1) is 9.06. The van der Waals surface area contributed by atoms with Crippen LogP contribution in [0.25, 0.3) is 0 Å². The Balaban J connectivity index is 2.12. The standard InChI is InChI=1S/C12H11FN4O2/c13-8-1-2-9(14)10(5-8)16-11(18)6-17-7-15-4-3-12(17)19/h1-5,7H,6,14H2,(H,16,18). The number of carbonyl (C=O) groups is 1. The van der Waals surface area contributed by atoms with Crippen molar-refractivity contribution in [2.75, 3.05) is 11.1 Å². The lowest BCUT2D eigenvalue weighted by molar-refractivity contribution is -0.116. The summed E-state index contributed by atoms with van der Waals surface area (Å²) < 4.78 is 14.1. The van der Waals surface area contributed by atoms with Crippen LogP contribution < -0.4 is 16.6 Å². The van der Waals surface area contributed by atoms with Crippen molar-refractivity contribution < 1.29 is 9.18 Å². The molecule has 1 aromatic carbocycles. The summed E-state index contributed by atoms with van der Waals surface area (Å²) in [5.74, 6) is -1.00. The molecule has 0 atom stereocenters. The zero-order valence-electron chi connectivity index (χ0n) is 9.84. The van der Waals surface area contributed by atoms with Crippen LogP contribution in [0.5, 0.6) is 0 Å². The normalized spacial score (nSPS) is 10.2. The van der Waals surface area contributed by atoms with Gasteiger partial charge in [0, 0.05) is 12.3 Å². The molecule has 19 heavy (non-hydrogen) atoms. The minimum atomic E-state index is -0.511. The third-order valence-corrected chi connectivity index (χ3v) is 2.40. The van der Waals surface area contributed by atoms with Crippen LogP contribution in [0, 0.1) is 5.82 Å². The van der Waals surface area contributed by atoms with Gasteiger partial charge in [0.15, 0.2) is 0 Å². The monoisotopic (exact) mass is 262 g/mol. The fraction of sp³-hybridized carbons (Fsp3) is 0.0833. The maximum absolute atomic E-state index is 13.0. The molecule has 0 bridgehead atoms. The average Bonchev–Trinajstić information content (AvgIpc) is 2.37. The van der Waals surface area contributed by atoms with E-state index in [0.29, 0.717) is 0 Å². The number of nitrogens with one attached hydrogen (secondary N) is 1. The van der Waals surface area contributed by atoms with E-state index < -0.39 is 11.7 Å². The van der Waals surface area contributed by atoms with Crippen molar-refractivity contribution >= 4 is 17.3 Å². The van der Waals surface area contributed by atoms with Crippen LogP contribution >= 0.6 is 0 Å². The van der Waals surface area contributed by atoms with Crippen LogP contribution in [-0.2, 0) is 11.3 Å². The molecule has 0 spiro atoms. The lowest BCUT2D eigenvalue weighted by Crippen LogP contribution is -2.27. The van der Waals surface area contributed by atoms with E-state index in [0.717, 1.165) is 10.6 Å². The SMILES string of the molecule is Nc1ccc(F)cc1NC(=O)Cn1cnccc1=O. The van der Waals surface area contributed by atoms with Gasteiger partial charge >= 0.3 is 0 Å². The zero-order valence-corrected chi connectivity index (χ0v) is 9.84. The van der Waals surface area contributed by atoms with Crippen LogP contribution in [-0.4, -0.2) is 15.5 Å². The molecular weight excluding hydrogens is 251 g/mol. The quantitative estimate of drug-likeness (QED) is 0.793. The second-order valence-electron chi connectivity index (χ2n) is 3.83. The Morgan fingerprint density at radius 3 is 2.95 bits per heavy atom. The largest absolute Gasteiger partial charge is 0.397 e. The number of rotatable bonds is 3. The number of nitrogens with two attached hydrogens (primary N) is 1. The molecule has 7 heteroatoms. The van der Waals surface area contributed by atoms with Crippen LogP contribution in [0.4, 0.5) is 15.8 Å². The average molecular weight is 262 g/mol. The van der Waals surface area contributed by atoms with Crippen LogP contribution in [0.1, 0.15) is 0 Å². The number of nitrogens with zero attached hydrogens (tertiary/aromatic N) is 2. The minimum absolute atomic E-state index is 0.168. The molecule has 0 fully saturated rings. The molecule has 0 saturated heterocycles. The van der Waals surface area contributed by atoms with Crippen LogP contribution in [0.3, 0.4) is 0 Å². The van der Waals surface area contributed by atoms with E-state index in [1.165, 1.54) is 30.7 Å². The molecule has 3 N–H and O–H groups in total. The van der Waals surface area contributed by atoms with Crippen LogP contribution in [0.2, 0.25) is 0 Å². The molecule has 1 aromatic heterocycles. The number of halogens is 1. The highest BCUT2D eigenvalue weighted by atomic mass is 19.1. The van der Waals surface area contributed by atoms with Gasteiger partial charge in [-0.3, -0.25) is 14.2 Å². The number of hydrogen-bond donors (Lipinski definition) is 2. The fourth-order valence-corrected chi connectivity index (χ4v) is 1.48. The third-order valence-electron chi connectivity index (χ3n) is 2.40. The summed E-state index contributed by atoms with van der Waals surface area (Å²) in [5, 5.41) is 2.44. The van der Waals surface area contributed by atoms with Gasteiger partial charge in [0.2, 0.25) is 5.91 Å². The van der Waals surface area contributed by atoms with Crippen molar-refractivity contribution in [2.45, 2.75) is 6.54 Å².